The fourth-order valence-corrected chi connectivity index (χ4v) is 6.14. The van der Waals surface area contributed by atoms with Crippen molar-refractivity contribution in [1.29, 1.82) is 0 Å². The molecule has 2 aromatic rings. The lowest BCUT2D eigenvalue weighted by molar-refractivity contribution is 0.0292. The van der Waals surface area contributed by atoms with Gasteiger partial charge in [0, 0.05) is 37.6 Å². The van der Waals surface area contributed by atoms with Crippen LogP contribution in [0, 0.1) is 11.6 Å². The molecule has 1 aliphatic rings. The van der Waals surface area contributed by atoms with E-state index < -0.39 is 60.8 Å². The second-order valence-electron chi connectivity index (χ2n) is 10.9. The molecule has 10 nitrogen and oxygen atoms in total. The number of thiazole rings is 1. The number of halogens is 3. The van der Waals surface area contributed by atoms with Gasteiger partial charge in [0.1, 0.15) is 22.0 Å². The molecule has 15 heteroatoms. The molecule has 0 radical (unpaired) electrons. The van der Waals surface area contributed by atoms with Crippen molar-refractivity contribution in [1.82, 2.24) is 9.88 Å². The van der Waals surface area contributed by atoms with Gasteiger partial charge in [-0.15, -0.1) is 15.6 Å². The van der Waals surface area contributed by atoms with Gasteiger partial charge in [0.2, 0.25) is 0 Å². The van der Waals surface area contributed by atoms with E-state index in [1.165, 1.54) is 48.5 Å². The number of carbonyl (C=O) groups excluding carboxylic acids is 2. The van der Waals surface area contributed by atoms with Gasteiger partial charge < -0.3 is 19.3 Å². The lowest BCUT2D eigenvalue weighted by atomic mass is 10.2. The molecule has 0 aliphatic carbocycles. The minimum absolute atomic E-state index is 0.103. The van der Waals surface area contributed by atoms with Crippen LogP contribution in [0.5, 0.6) is 0 Å². The Morgan fingerprint density at radius 3 is 2.31 bits per heavy atom. The summed E-state index contributed by atoms with van der Waals surface area (Å²) in [5.74, 6) is -3.44. The molecule has 39 heavy (non-hydrogen) atoms. The Kier molecular flexibility index (Phi) is 8.73. The van der Waals surface area contributed by atoms with Crippen LogP contribution < -0.4 is 9.21 Å². The third kappa shape index (κ3) is 6.90. The summed E-state index contributed by atoms with van der Waals surface area (Å²) in [7, 11) is -3.67. The summed E-state index contributed by atoms with van der Waals surface area (Å²) < 4.78 is 68.7. The predicted octanol–water partition coefficient (Wildman–Crippen LogP) is 5.65. The molecule has 3 rings (SSSR count). The van der Waals surface area contributed by atoms with Crippen LogP contribution in [0.2, 0.25) is 5.02 Å². The summed E-state index contributed by atoms with van der Waals surface area (Å²) in [4.78, 5) is 30.6. The molecule has 1 aromatic heterocycles. The van der Waals surface area contributed by atoms with Gasteiger partial charge in [-0.1, -0.05) is 11.6 Å². The van der Waals surface area contributed by atoms with Crippen molar-refractivity contribution in [2.24, 2.45) is 0 Å². The molecule has 0 bridgehead atoms. The van der Waals surface area contributed by atoms with Crippen molar-refractivity contribution in [3.8, 4) is 0 Å². The quantitative estimate of drug-likeness (QED) is 0.401. The number of hydrogen-bond acceptors (Lipinski definition) is 9. The average molecular weight is 609 g/mol. The van der Waals surface area contributed by atoms with Gasteiger partial charge in [-0.05, 0) is 48.0 Å². The lowest BCUT2D eigenvalue weighted by Crippen LogP contribution is -2.42. The van der Waals surface area contributed by atoms with Gasteiger partial charge in [0.05, 0.1) is 11.2 Å². The molecule has 1 saturated heterocycles. The fourth-order valence-electron chi connectivity index (χ4n) is 3.82. The maximum Gasteiger partial charge on any atom is 0.430 e. The first-order valence-corrected chi connectivity index (χ1v) is 14.6. The first kappa shape index (κ1) is 30.8. The summed E-state index contributed by atoms with van der Waals surface area (Å²) in [5, 5.41) is 0.549. The molecule has 1 aromatic carbocycles. The highest BCUT2D eigenvalue weighted by Gasteiger charge is 2.41. The monoisotopic (exact) mass is 608 g/mol. The molecule has 2 heterocycles. The molecular weight excluding hydrogens is 578 g/mol. The number of hydrogen-bond donors (Lipinski definition) is 0. The minimum atomic E-state index is -5.20. The average Bonchev–Trinajstić information content (AvgIpc) is 3.45. The van der Waals surface area contributed by atoms with Gasteiger partial charge in [-0.25, -0.2) is 31.8 Å². The van der Waals surface area contributed by atoms with Gasteiger partial charge in [0.25, 0.3) is 10.0 Å². The maximum atomic E-state index is 15.6. The summed E-state index contributed by atoms with van der Waals surface area (Å²) in [6, 6.07) is 0.396. The van der Waals surface area contributed by atoms with Crippen LogP contribution in [0.4, 0.5) is 29.9 Å². The van der Waals surface area contributed by atoms with Crippen molar-refractivity contribution in [3.63, 3.8) is 0 Å². The molecule has 0 spiro atoms. The van der Waals surface area contributed by atoms with Crippen molar-refractivity contribution in [2.45, 2.75) is 70.1 Å². The van der Waals surface area contributed by atoms with Crippen LogP contribution in [-0.4, -0.2) is 67.9 Å². The van der Waals surface area contributed by atoms with Crippen LogP contribution in [-0.2, 0) is 19.5 Å². The largest absolute Gasteiger partial charge is 0.444 e. The van der Waals surface area contributed by atoms with Crippen LogP contribution in [0.3, 0.4) is 0 Å². The van der Waals surface area contributed by atoms with Gasteiger partial charge >= 0.3 is 12.2 Å². The number of sulfonamides is 1. The second kappa shape index (κ2) is 11.0. The molecule has 1 fully saturated rings. The van der Waals surface area contributed by atoms with Gasteiger partial charge in [0.15, 0.2) is 16.5 Å². The summed E-state index contributed by atoms with van der Waals surface area (Å²) in [6.07, 6.45) is -1.46. The molecule has 2 amide bonds. The van der Waals surface area contributed by atoms with E-state index in [1.54, 1.807) is 20.8 Å². The Bertz CT molecular complexity index is 1340. The Labute approximate surface area is 235 Å². The van der Waals surface area contributed by atoms with Crippen molar-refractivity contribution in [2.75, 3.05) is 29.3 Å². The zero-order valence-corrected chi connectivity index (χ0v) is 25.0. The highest BCUT2D eigenvalue weighted by Crippen LogP contribution is 2.38. The third-order valence-electron chi connectivity index (χ3n) is 5.53. The van der Waals surface area contributed by atoms with Crippen LogP contribution in [0.15, 0.2) is 21.9 Å². The molecule has 216 valence electrons. The Balaban J connectivity index is 1.96. The molecule has 1 atom stereocenters. The van der Waals surface area contributed by atoms with E-state index in [9.17, 15) is 18.0 Å². The van der Waals surface area contributed by atoms with Crippen molar-refractivity contribution < 1.29 is 36.3 Å². The summed E-state index contributed by atoms with van der Waals surface area (Å²) in [6.45, 7) is 10.3. The van der Waals surface area contributed by atoms with Crippen LogP contribution in [0.25, 0.3) is 0 Å². The lowest BCUT2D eigenvalue weighted by Gasteiger charge is -2.29. The van der Waals surface area contributed by atoms with Gasteiger partial charge in [-0.2, -0.15) is 0 Å². The molecule has 1 aliphatic heterocycles. The molecule has 0 N–H and O–H groups in total. The topological polar surface area (TPSA) is 109 Å². The van der Waals surface area contributed by atoms with E-state index >= 15 is 8.78 Å². The number of nitrogens with zero attached hydrogens (tertiary/aromatic N) is 4. The third-order valence-corrected chi connectivity index (χ3v) is 8.17. The van der Waals surface area contributed by atoms with E-state index in [0.717, 1.165) is 17.4 Å². The zero-order valence-electron chi connectivity index (χ0n) is 22.6. The van der Waals surface area contributed by atoms with E-state index in [4.69, 9.17) is 21.1 Å². The molecule has 0 saturated carbocycles. The van der Waals surface area contributed by atoms with E-state index in [2.05, 4.69) is 4.98 Å². The number of ether oxygens (including phenoxy) is 2. The van der Waals surface area contributed by atoms with E-state index in [1.807, 2.05) is 0 Å². The molecule has 0 unspecified atom stereocenters. The number of aromatic nitrogens is 1. The van der Waals surface area contributed by atoms with Crippen molar-refractivity contribution >= 4 is 56.7 Å². The number of anilines is 2. The SMILES string of the molecule is CN(c1cc(F)c(S(=O)(=O)N(C(=O)OC(C)(C)C)c2cscn2)c(F)c1Cl)[C@H]1CCN(C(=O)OC(C)(C)C)C1. The normalized spacial score (nSPS) is 16.3. The first-order valence-electron chi connectivity index (χ1n) is 11.9. The van der Waals surface area contributed by atoms with E-state index in [0.29, 0.717) is 13.0 Å². The van der Waals surface area contributed by atoms with Gasteiger partial charge in [-0.3, -0.25) is 0 Å². The Hall–Kier alpha value is -2.71. The number of amides is 2. The number of likely N-dealkylation sites (N-methyl/N-ethyl adjacent to an activating group) is 1. The number of carbonyl (C=O) groups is 2. The van der Waals surface area contributed by atoms with Crippen molar-refractivity contribution in [3.05, 3.63) is 33.6 Å². The predicted molar refractivity (Wildman–Crippen MR) is 144 cm³/mol. The highest BCUT2D eigenvalue weighted by molar-refractivity contribution is 7.93. The molecular formula is C24H31ClF2N4O6S2. The minimum Gasteiger partial charge on any atom is -0.444 e. The Morgan fingerprint density at radius 1 is 1.15 bits per heavy atom. The smallest absolute Gasteiger partial charge is 0.430 e. The first-order chi connectivity index (χ1) is 17.8. The zero-order chi connectivity index (χ0) is 29.5. The number of likely N-dealkylation sites (tertiary alicyclic amines) is 1. The number of rotatable bonds is 5. The van der Waals surface area contributed by atoms with Crippen LogP contribution in [0.1, 0.15) is 48.0 Å². The van der Waals surface area contributed by atoms with E-state index in [-0.39, 0.29) is 22.6 Å². The van der Waals surface area contributed by atoms with Crippen LogP contribution >= 0.6 is 22.9 Å². The summed E-state index contributed by atoms with van der Waals surface area (Å²) >= 11 is 7.22. The standard InChI is InChI=1S/C24H31ClF2N4O6S2/c1-23(2,3)36-21(32)30-9-8-14(11-30)29(7)16-10-15(26)20(19(27)18(16)25)39(34,35)31(17-12-38-13-28-17)22(33)37-24(4,5)6/h10,12-14H,8-9,11H2,1-7H3/t14-/m0/s1. The highest BCUT2D eigenvalue weighted by atomic mass is 35.5. The Morgan fingerprint density at radius 2 is 1.77 bits per heavy atom. The summed E-state index contributed by atoms with van der Waals surface area (Å²) in [5.41, 5.74) is -0.679. The maximum absolute atomic E-state index is 15.6. The fraction of sp³-hybridized carbons (Fsp3) is 0.542. The second-order valence-corrected chi connectivity index (χ2v) is 13.7. The number of benzene rings is 1.